The number of tetrazole rings is 1. The second kappa shape index (κ2) is 9.94. The molecule has 0 saturated carbocycles. The largest absolute Gasteiger partial charge is 0.376 e. The van der Waals surface area contributed by atoms with Crippen molar-refractivity contribution in [2.75, 3.05) is 6.61 Å². The predicted molar refractivity (Wildman–Crippen MR) is 128 cm³/mol. The lowest BCUT2D eigenvalue weighted by atomic mass is 10.1. The fraction of sp³-hybridized carbons (Fsp3) is 0.417. The Morgan fingerprint density at radius 1 is 1.24 bits per heavy atom. The molecule has 33 heavy (non-hydrogen) atoms. The fourth-order valence-corrected chi connectivity index (χ4v) is 5.08. The van der Waals surface area contributed by atoms with Gasteiger partial charge in [0.2, 0.25) is 0 Å². The van der Waals surface area contributed by atoms with E-state index in [0.717, 1.165) is 54.7 Å². The summed E-state index contributed by atoms with van der Waals surface area (Å²) in [6, 6.07) is 12.4. The Bertz CT molecular complexity index is 1260. The number of hydrogen-bond acceptors (Lipinski definition) is 7. The van der Waals surface area contributed by atoms with Crippen LogP contribution in [0.25, 0.3) is 10.9 Å². The molecule has 0 radical (unpaired) electrons. The van der Waals surface area contributed by atoms with Crippen LogP contribution in [-0.2, 0) is 37.3 Å². The third kappa shape index (κ3) is 5.21. The predicted octanol–water partition coefficient (Wildman–Crippen LogP) is 3.52. The highest BCUT2D eigenvalue weighted by atomic mass is 32.1. The summed E-state index contributed by atoms with van der Waals surface area (Å²) in [4.78, 5) is 19.4. The number of aromatic nitrogens is 5. The maximum Gasteiger partial charge on any atom is 0.252 e. The number of rotatable bonds is 9. The van der Waals surface area contributed by atoms with Crippen molar-refractivity contribution in [2.24, 2.45) is 0 Å². The van der Waals surface area contributed by atoms with Gasteiger partial charge in [-0.3, -0.25) is 9.69 Å². The zero-order valence-corrected chi connectivity index (χ0v) is 19.6. The Labute approximate surface area is 196 Å². The van der Waals surface area contributed by atoms with Crippen LogP contribution in [-0.4, -0.2) is 42.8 Å². The highest BCUT2D eigenvalue weighted by Crippen LogP contribution is 2.19. The molecular weight excluding hydrogens is 436 g/mol. The van der Waals surface area contributed by atoms with Crippen LogP contribution >= 0.6 is 11.3 Å². The van der Waals surface area contributed by atoms with Crippen molar-refractivity contribution in [3.8, 4) is 0 Å². The first kappa shape index (κ1) is 21.9. The summed E-state index contributed by atoms with van der Waals surface area (Å²) in [5, 5.41) is 15.5. The minimum Gasteiger partial charge on any atom is -0.376 e. The molecule has 1 unspecified atom stereocenters. The number of aryl methyl sites for hydroxylation is 1. The lowest BCUT2D eigenvalue weighted by Gasteiger charge is -2.21. The number of ether oxygens (including phenoxy) is 1. The highest BCUT2D eigenvalue weighted by Gasteiger charge is 2.21. The van der Waals surface area contributed by atoms with Gasteiger partial charge in [0, 0.05) is 35.7 Å². The smallest absolute Gasteiger partial charge is 0.252 e. The quantitative estimate of drug-likeness (QED) is 0.408. The number of thiophene rings is 1. The lowest BCUT2D eigenvalue weighted by molar-refractivity contribution is 0.0915. The second-order valence-electron chi connectivity index (χ2n) is 8.54. The van der Waals surface area contributed by atoms with Gasteiger partial charge in [-0.05, 0) is 70.3 Å². The van der Waals surface area contributed by atoms with Gasteiger partial charge in [-0.2, -0.15) is 0 Å². The van der Waals surface area contributed by atoms with Gasteiger partial charge >= 0.3 is 0 Å². The van der Waals surface area contributed by atoms with Crippen molar-refractivity contribution in [1.29, 1.82) is 0 Å². The van der Waals surface area contributed by atoms with Crippen LogP contribution in [0.3, 0.4) is 0 Å². The van der Waals surface area contributed by atoms with E-state index in [2.05, 4.69) is 62.0 Å². The monoisotopic (exact) mass is 464 g/mol. The van der Waals surface area contributed by atoms with Crippen molar-refractivity contribution >= 4 is 22.2 Å². The van der Waals surface area contributed by atoms with Crippen LogP contribution in [0.15, 0.2) is 46.6 Å². The van der Waals surface area contributed by atoms with Crippen LogP contribution in [0.4, 0.5) is 0 Å². The lowest BCUT2D eigenvalue weighted by Crippen LogP contribution is -2.28. The van der Waals surface area contributed by atoms with Crippen molar-refractivity contribution < 1.29 is 4.74 Å². The molecule has 1 aromatic carbocycles. The molecule has 1 saturated heterocycles. The topological polar surface area (TPSA) is 88.9 Å². The Hall–Kier alpha value is -2.88. The molecular formula is C24H28N6O2S. The highest BCUT2D eigenvalue weighted by molar-refractivity contribution is 7.09. The number of fused-ring (bicyclic) bond motifs is 1. The summed E-state index contributed by atoms with van der Waals surface area (Å²) in [5.41, 5.74) is 2.81. The molecule has 0 aliphatic carbocycles. The number of benzene rings is 1. The molecule has 4 aromatic rings. The number of pyridine rings is 1. The van der Waals surface area contributed by atoms with E-state index in [0.29, 0.717) is 19.6 Å². The Morgan fingerprint density at radius 2 is 2.18 bits per heavy atom. The van der Waals surface area contributed by atoms with Gasteiger partial charge in [0.1, 0.15) is 0 Å². The van der Waals surface area contributed by atoms with Crippen molar-refractivity contribution in [3.05, 3.63) is 74.0 Å². The first-order valence-corrected chi connectivity index (χ1v) is 12.3. The average molecular weight is 465 g/mol. The molecule has 3 aromatic heterocycles. The number of H-pyrrole nitrogens is 1. The molecule has 1 aliphatic heterocycles. The van der Waals surface area contributed by atoms with E-state index in [1.165, 1.54) is 10.4 Å². The van der Waals surface area contributed by atoms with Gasteiger partial charge in [-0.25, -0.2) is 4.68 Å². The number of nitrogens with zero attached hydrogens (tertiary/aromatic N) is 5. The fourth-order valence-electron chi connectivity index (χ4n) is 4.33. The number of hydrogen-bond donors (Lipinski definition) is 1. The molecule has 1 atom stereocenters. The Morgan fingerprint density at radius 3 is 2.97 bits per heavy atom. The molecule has 0 spiro atoms. The van der Waals surface area contributed by atoms with E-state index in [1.54, 1.807) is 11.3 Å². The third-order valence-electron chi connectivity index (χ3n) is 6.12. The summed E-state index contributed by atoms with van der Waals surface area (Å²) in [6.45, 7) is 5.37. The molecule has 1 fully saturated rings. The maximum absolute atomic E-state index is 12.9. The van der Waals surface area contributed by atoms with Crippen molar-refractivity contribution in [1.82, 2.24) is 30.1 Å². The van der Waals surface area contributed by atoms with Gasteiger partial charge in [0.05, 0.1) is 19.2 Å². The molecule has 8 nitrogen and oxygen atoms in total. The number of nitrogens with one attached hydrogen (secondary N) is 1. The summed E-state index contributed by atoms with van der Waals surface area (Å²) in [6.07, 6.45) is 3.23. The first-order chi connectivity index (χ1) is 16.2. The standard InChI is InChI=1S/C24H28N6O2S/c1-2-17-7-8-22-18(11-17)12-19(24(31)25-22)13-29(15-21-6-4-10-33-21)16-23-26-27-28-30(23)14-20-5-3-9-32-20/h4,6-8,10-12,20H,2-3,5,9,13-16H2,1H3,(H,25,31). The second-order valence-corrected chi connectivity index (χ2v) is 9.57. The minimum atomic E-state index is -0.0538. The normalized spacial score (nSPS) is 16.2. The van der Waals surface area contributed by atoms with Crippen molar-refractivity contribution in [2.45, 2.75) is 58.5 Å². The van der Waals surface area contributed by atoms with E-state index in [1.807, 2.05) is 16.8 Å². The zero-order chi connectivity index (χ0) is 22.6. The SMILES string of the molecule is CCc1ccc2[nH]c(=O)c(CN(Cc3cccs3)Cc3nnnn3CC3CCCO3)cc2c1. The van der Waals surface area contributed by atoms with Crippen LogP contribution in [0.5, 0.6) is 0 Å². The van der Waals surface area contributed by atoms with Crippen LogP contribution < -0.4 is 5.56 Å². The van der Waals surface area contributed by atoms with Gasteiger partial charge < -0.3 is 9.72 Å². The van der Waals surface area contributed by atoms with Gasteiger partial charge in [-0.1, -0.05) is 19.1 Å². The molecule has 1 aliphatic rings. The van der Waals surface area contributed by atoms with E-state index in [9.17, 15) is 4.79 Å². The van der Waals surface area contributed by atoms with Gasteiger partial charge in [0.15, 0.2) is 5.82 Å². The summed E-state index contributed by atoms with van der Waals surface area (Å²) in [5.74, 6) is 0.785. The summed E-state index contributed by atoms with van der Waals surface area (Å²) < 4.78 is 7.61. The minimum absolute atomic E-state index is 0.0538. The van der Waals surface area contributed by atoms with E-state index in [-0.39, 0.29) is 11.7 Å². The molecule has 1 N–H and O–H groups in total. The van der Waals surface area contributed by atoms with Gasteiger partial charge in [0.25, 0.3) is 5.56 Å². The third-order valence-corrected chi connectivity index (χ3v) is 6.98. The Balaban J connectivity index is 1.41. The molecule has 0 amide bonds. The average Bonchev–Trinajstić information content (AvgIpc) is 3.59. The van der Waals surface area contributed by atoms with E-state index in [4.69, 9.17) is 4.74 Å². The van der Waals surface area contributed by atoms with E-state index < -0.39 is 0 Å². The molecule has 4 heterocycles. The summed E-state index contributed by atoms with van der Waals surface area (Å²) in [7, 11) is 0. The molecule has 9 heteroatoms. The van der Waals surface area contributed by atoms with Crippen LogP contribution in [0.1, 0.15) is 41.6 Å². The zero-order valence-electron chi connectivity index (χ0n) is 18.7. The molecule has 5 rings (SSSR count). The molecule has 172 valence electrons. The summed E-state index contributed by atoms with van der Waals surface area (Å²) >= 11 is 1.71. The molecule has 0 bridgehead atoms. The van der Waals surface area contributed by atoms with Crippen LogP contribution in [0, 0.1) is 0 Å². The van der Waals surface area contributed by atoms with Gasteiger partial charge in [-0.15, -0.1) is 16.4 Å². The first-order valence-electron chi connectivity index (χ1n) is 11.4. The number of aromatic amines is 1. The van der Waals surface area contributed by atoms with E-state index >= 15 is 0 Å². The van der Waals surface area contributed by atoms with Crippen LogP contribution in [0.2, 0.25) is 0 Å². The van der Waals surface area contributed by atoms with Crippen molar-refractivity contribution in [3.63, 3.8) is 0 Å². The Kier molecular flexibility index (Phi) is 6.61. The maximum atomic E-state index is 12.9.